The Morgan fingerprint density at radius 2 is 1.84 bits per heavy atom. The van der Waals surface area contributed by atoms with Crippen LogP contribution >= 0.6 is 0 Å². The van der Waals surface area contributed by atoms with Gasteiger partial charge in [0, 0.05) is 6.54 Å². The van der Waals surface area contributed by atoms with E-state index in [0.717, 1.165) is 22.4 Å². The average molecular weight is 339 g/mol. The lowest BCUT2D eigenvalue weighted by Gasteiger charge is -2.12. The van der Waals surface area contributed by atoms with Gasteiger partial charge < -0.3 is 9.15 Å². The van der Waals surface area contributed by atoms with Gasteiger partial charge >= 0.3 is 11.4 Å². The molecule has 3 rings (SSSR count). The molecule has 0 N–H and O–H groups in total. The van der Waals surface area contributed by atoms with Crippen molar-refractivity contribution in [3.63, 3.8) is 0 Å². The molecule has 0 fully saturated rings. The minimum absolute atomic E-state index is 0.425. The van der Waals surface area contributed by atoms with Crippen LogP contribution in [0, 0.1) is 20.8 Å². The van der Waals surface area contributed by atoms with Crippen LogP contribution in [-0.2, 0) is 6.54 Å². The average Bonchev–Trinajstić information content (AvgIpc) is 2.57. The van der Waals surface area contributed by atoms with Crippen LogP contribution in [0.5, 0.6) is 5.75 Å². The standard InChI is InChI=1S/C20H21NO4/c1-13-8-9-14(2)17(12-13)24-11-5-10-21-18-15(3)6-4-7-16(18)19(22)25-20(21)23/h4,6-9,12H,5,10-11H2,1-3H3. The fourth-order valence-electron chi connectivity index (χ4n) is 2.93. The van der Waals surface area contributed by atoms with E-state index in [1.165, 1.54) is 4.57 Å². The van der Waals surface area contributed by atoms with Crippen molar-refractivity contribution in [3.8, 4) is 5.75 Å². The highest BCUT2D eigenvalue weighted by Gasteiger charge is 2.11. The molecule has 0 bridgehead atoms. The quantitative estimate of drug-likeness (QED) is 0.669. The highest BCUT2D eigenvalue weighted by atomic mass is 16.5. The van der Waals surface area contributed by atoms with Crippen LogP contribution in [0.4, 0.5) is 0 Å². The van der Waals surface area contributed by atoms with Crippen molar-refractivity contribution in [1.29, 1.82) is 0 Å². The van der Waals surface area contributed by atoms with Gasteiger partial charge in [-0.25, -0.2) is 9.59 Å². The molecule has 0 aliphatic heterocycles. The number of aromatic nitrogens is 1. The van der Waals surface area contributed by atoms with Crippen LogP contribution in [0.15, 0.2) is 50.4 Å². The van der Waals surface area contributed by atoms with E-state index in [1.54, 1.807) is 12.1 Å². The van der Waals surface area contributed by atoms with Crippen molar-refractivity contribution in [2.24, 2.45) is 0 Å². The van der Waals surface area contributed by atoms with Crippen LogP contribution in [0.1, 0.15) is 23.1 Å². The second kappa shape index (κ2) is 6.97. The van der Waals surface area contributed by atoms with Gasteiger partial charge in [0.05, 0.1) is 17.5 Å². The second-order valence-corrected chi connectivity index (χ2v) is 6.25. The first-order valence-corrected chi connectivity index (χ1v) is 8.30. The Hall–Kier alpha value is -2.82. The molecule has 0 aliphatic carbocycles. The lowest BCUT2D eigenvalue weighted by atomic mass is 10.1. The number of aryl methyl sites for hydroxylation is 4. The van der Waals surface area contributed by atoms with Crippen molar-refractivity contribution in [2.45, 2.75) is 33.7 Å². The summed E-state index contributed by atoms with van der Waals surface area (Å²) in [5.74, 6) is 0.228. The van der Waals surface area contributed by atoms with E-state index >= 15 is 0 Å². The number of nitrogens with zero attached hydrogens (tertiary/aromatic N) is 1. The van der Waals surface area contributed by atoms with Gasteiger partial charge in [0.1, 0.15) is 5.75 Å². The first-order valence-electron chi connectivity index (χ1n) is 8.30. The molecule has 0 atom stereocenters. The summed E-state index contributed by atoms with van der Waals surface area (Å²) in [7, 11) is 0. The lowest BCUT2D eigenvalue weighted by molar-refractivity contribution is 0.294. The zero-order valence-corrected chi connectivity index (χ0v) is 14.7. The van der Waals surface area contributed by atoms with E-state index in [4.69, 9.17) is 9.15 Å². The van der Waals surface area contributed by atoms with Crippen LogP contribution < -0.4 is 16.1 Å². The Morgan fingerprint density at radius 1 is 1.04 bits per heavy atom. The molecule has 1 aromatic heterocycles. The van der Waals surface area contributed by atoms with Gasteiger partial charge in [-0.15, -0.1) is 0 Å². The molecule has 25 heavy (non-hydrogen) atoms. The fraction of sp³-hybridized carbons (Fsp3) is 0.300. The summed E-state index contributed by atoms with van der Waals surface area (Å²) in [5.41, 5.74) is 3.14. The SMILES string of the molecule is Cc1ccc(C)c(OCCCn2c(=O)oc(=O)c3cccc(C)c32)c1. The number of rotatable bonds is 5. The number of ether oxygens (including phenoxy) is 1. The largest absolute Gasteiger partial charge is 0.493 e. The molecule has 0 radical (unpaired) electrons. The third kappa shape index (κ3) is 3.50. The summed E-state index contributed by atoms with van der Waals surface area (Å²) >= 11 is 0. The van der Waals surface area contributed by atoms with Gasteiger partial charge in [0.15, 0.2) is 0 Å². The van der Waals surface area contributed by atoms with E-state index in [-0.39, 0.29) is 0 Å². The van der Waals surface area contributed by atoms with Crippen LogP contribution in [-0.4, -0.2) is 11.2 Å². The Balaban J connectivity index is 1.79. The van der Waals surface area contributed by atoms with E-state index < -0.39 is 11.4 Å². The summed E-state index contributed by atoms with van der Waals surface area (Å²) in [6.07, 6.45) is 0.629. The molecule has 0 saturated carbocycles. The molecular weight excluding hydrogens is 318 g/mol. The van der Waals surface area contributed by atoms with Gasteiger partial charge in [-0.05, 0) is 56.0 Å². The number of hydrogen-bond donors (Lipinski definition) is 0. The van der Waals surface area contributed by atoms with Crippen molar-refractivity contribution in [2.75, 3.05) is 6.61 Å². The minimum atomic E-state index is -0.626. The third-order valence-electron chi connectivity index (χ3n) is 4.26. The van der Waals surface area contributed by atoms with Crippen LogP contribution in [0.25, 0.3) is 10.9 Å². The number of benzene rings is 2. The first-order chi connectivity index (χ1) is 12.0. The van der Waals surface area contributed by atoms with Gasteiger partial charge in [-0.1, -0.05) is 24.3 Å². The predicted octanol–water partition coefficient (Wildman–Crippen LogP) is 3.35. The van der Waals surface area contributed by atoms with Crippen LogP contribution in [0.2, 0.25) is 0 Å². The zero-order chi connectivity index (χ0) is 18.0. The minimum Gasteiger partial charge on any atom is -0.493 e. The number of fused-ring (bicyclic) bond motifs is 1. The maximum Gasteiger partial charge on any atom is 0.422 e. The summed E-state index contributed by atoms with van der Waals surface area (Å²) in [6, 6.07) is 11.4. The van der Waals surface area contributed by atoms with Crippen LogP contribution in [0.3, 0.4) is 0 Å². The molecule has 0 amide bonds. The van der Waals surface area contributed by atoms with Crippen molar-refractivity contribution >= 4 is 10.9 Å². The van der Waals surface area contributed by atoms with Gasteiger partial charge in [0.2, 0.25) is 0 Å². The second-order valence-electron chi connectivity index (χ2n) is 6.25. The van der Waals surface area contributed by atoms with Gasteiger partial charge in [0.25, 0.3) is 0 Å². The van der Waals surface area contributed by atoms with Crippen molar-refractivity contribution in [3.05, 3.63) is 74.1 Å². The topological polar surface area (TPSA) is 61.4 Å². The molecule has 0 unspecified atom stereocenters. The summed E-state index contributed by atoms with van der Waals surface area (Å²) in [5, 5.41) is 0.426. The molecular formula is C20H21NO4. The van der Waals surface area contributed by atoms with E-state index in [2.05, 4.69) is 0 Å². The molecule has 130 valence electrons. The Morgan fingerprint density at radius 3 is 2.64 bits per heavy atom. The third-order valence-corrected chi connectivity index (χ3v) is 4.26. The van der Waals surface area contributed by atoms with E-state index in [9.17, 15) is 9.59 Å². The molecule has 3 aromatic rings. The van der Waals surface area contributed by atoms with E-state index in [0.29, 0.717) is 30.5 Å². The molecule has 0 aliphatic rings. The predicted molar refractivity (Wildman–Crippen MR) is 97.5 cm³/mol. The number of hydrogen-bond acceptors (Lipinski definition) is 4. The Labute approximate surface area is 145 Å². The van der Waals surface area contributed by atoms with Crippen molar-refractivity contribution < 1.29 is 9.15 Å². The molecule has 5 nitrogen and oxygen atoms in total. The highest BCUT2D eigenvalue weighted by molar-refractivity contribution is 5.80. The molecule has 2 aromatic carbocycles. The lowest BCUT2D eigenvalue weighted by Crippen LogP contribution is -2.26. The molecule has 0 spiro atoms. The fourth-order valence-corrected chi connectivity index (χ4v) is 2.93. The summed E-state index contributed by atoms with van der Waals surface area (Å²) in [6.45, 7) is 6.80. The maximum atomic E-state index is 12.1. The van der Waals surface area contributed by atoms with Gasteiger partial charge in [-0.2, -0.15) is 0 Å². The Bertz CT molecular complexity index is 1030. The van der Waals surface area contributed by atoms with Crippen molar-refractivity contribution in [1.82, 2.24) is 4.57 Å². The monoisotopic (exact) mass is 339 g/mol. The summed E-state index contributed by atoms with van der Waals surface area (Å²) < 4.78 is 12.2. The molecule has 5 heteroatoms. The van der Waals surface area contributed by atoms with Gasteiger partial charge in [-0.3, -0.25) is 4.57 Å². The normalized spacial score (nSPS) is 11.0. The Kier molecular flexibility index (Phi) is 4.74. The smallest absolute Gasteiger partial charge is 0.422 e. The molecule has 1 heterocycles. The van der Waals surface area contributed by atoms with E-state index in [1.807, 2.05) is 45.0 Å². The zero-order valence-electron chi connectivity index (χ0n) is 14.7. The maximum absolute atomic E-state index is 12.1. The number of para-hydroxylation sites is 1. The molecule has 0 saturated heterocycles. The highest BCUT2D eigenvalue weighted by Crippen LogP contribution is 2.19. The first kappa shape index (κ1) is 17.0. The summed E-state index contributed by atoms with van der Waals surface area (Å²) in [4.78, 5) is 24.0.